The quantitative estimate of drug-likeness (QED) is 0.541. The zero-order valence-corrected chi connectivity index (χ0v) is 7.59. The molecule has 2 atom stereocenters. The first-order chi connectivity index (χ1) is 6.52. The van der Waals surface area contributed by atoms with Crippen LogP contribution < -0.4 is 0 Å². The van der Waals surface area contributed by atoms with E-state index >= 15 is 0 Å². The third kappa shape index (κ3) is 2.43. The van der Waals surface area contributed by atoms with Crippen molar-refractivity contribution in [3.05, 3.63) is 0 Å². The smallest absolute Gasteiger partial charge is 0.333 e. The van der Waals surface area contributed by atoms with Crippen LogP contribution in [0.2, 0.25) is 0 Å². The molecule has 1 rings (SSSR count). The molecule has 1 aliphatic heterocycles. The maximum atomic E-state index is 10.7. The topological polar surface area (TPSA) is 98.1 Å². The van der Waals surface area contributed by atoms with E-state index in [1.807, 2.05) is 0 Å². The Morgan fingerprint density at radius 2 is 2.07 bits per heavy atom. The third-order valence-corrected chi connectivity index (χ3v) is 2.34. The molecule has 0 aromatic rings. The van der Waals surface area contributed by atoms with Crippen LogP contribution >= 0.6 is 0 Å². The summed E-state index contributed by atoms with van der Waals surface area (Å²) in [4.78, 5) is 22.5. The van der Waals surface area contributed by atoms with E-state index in [9.17, 15) is 9.59 Å². The summed E-state index contributed by atoms with van der Waals surface area (Å²) in [5.74, 6) is -2.28. The number of hydrogen-bond donors (Lipinski definition) is 3. The van der Waals surface area contributed by atoms with Crippen LogP contribution in [0.4, 0.5) is 0 Å². The lowest BCUT2D eigenvalue weighted by Gasteiger charge is -2.21. The van der Waals surface area contributed by atoms with Gasteiger partial charge in [-0.2, -0.15) is 0 Å². The lowest BCUT2D eigenvalue weighted by Crippen LogP contribution is -2.42. The molecule has 0 aromatic carbocycles. The summed E-state index contributed by atoms with van der Waals surface area (Å²) in [6.07, 6.45) is -0.264. The van der Waals surface area contributed by atoms with Gasteiger partial charge in [-0.25, -0.2) is 4.79 Å². The Labute approximate surface area is 80.8 Å². The molecule has 0 saturated carbocycles. The summed E-state index contributed by atoms with van der Waals surface area (Å²) < 4.78 is 0. The lowest BCUT2D eigenvalue weighted by molar-refractivity contribution is -0.150. The van der Waals surface area contributed by atoms with Gasteiger partial charge >= 0.3 is 11.9 Å². The number of aliphatic hydroxyl groups excluding tert-OH is 1. The van der Waals surface area contributed by atoms with Crippen LogP contribution in [0.1, 0.15) is 12.8 Å². The summed E-state index contributed by atoms with van der Waals surface area (Å²) >= 11 is 0. The first-order valence-electron chi connectivity index (χ1n) is 4.40. The summed E-state index contributed by atoms with van der Waals surface area (Å²) in [6, 6.07) is -0.649. The van der Waals surface area contributed by atoms with Gasteiger partial charge in [-0.1, -0.05) is 0 Å². The van der Waals surface area contributed by atoms with Gasteiger partial charge in [-0.3, -0.25) is 9.69 Å². The average molecular weight is 203 g/mol. The fraction of sp³-hybridized carbons (Fsp3) is 0.750. The van der Waals surface area contributed by atoms with Gasteiger partial charge in [0.05, 0.1) is 0 Å². The Morgan fingerprint density at radius 1 is 1.43 bits per heavy atom. The Morgan fingerprint density at radius 3 is 2.57 bits per heavy atom. The van der Waals surface area contributed by atoms with E-state index in [0.717, 1.165) is 6.42 Å². The molecule has 1 fully saturated rings. The summed E-state index contributed by atoms with van der Waals surface area (Å²) in [7, 11) is 0. The molecular formula is C8H13NO5. The molecule has 1 saturated heterocycles. The maximum absolute atomic E-state index is 10.7. The van der Waals surface area contributed by atoms with Gasteiger partial charge in [-0.15, -0.1) is 0 Å². The van der Waals surface area contributed by atoms with Crippen LogP contribution in [0.5, 0.6) is 0 Å². The normalized spacial score (nSPS) is 24.8. The number of aliphatic carboxylic acids is 2. The van der Waals surface area contributed by atoms with E-state index in [1.54, 1.807) is 0 Å². The second-order valence-corrected chi connectivity index (χ2v) is 3.35. The molecule has 0 amide bonds. The summed E-state index contributed by atoms with van der Waals surface area (Å²) in [5.41, 5.74) is 0. The minimum Gasteiger partial charge on any atom is -0.480 e. The van der Waals surface area contributed by atoms with Crippen molar-refractivity contribution in [3.63, 3.8) is 0 Å². The van der Waals surface area contributed by atoms with Crippen molar-refractivity contribution in [3.8, 4) is 0 Å². The van der Waals surface area contributed by atoms with Gasteiger partial charge in [0.2, 0.25) is 0 Å². The summed E-state index contributed by atoms with van der Waals surface area (Å²) in [5, 5.41) is 26.3. The number of hydrogen-bond acceptors (Lipinski definition) is 4. The number of nitrogens with zero attached hydrogens (tertiary/aromatic N) is 1. The van der Waals surface area contributed by atoms with Crippen molar-refractivity contribution < 1.29 is 24.9 Å². The van der Waals surface area contributed by atoms with E-state index in [1.165, 1.54) is 4.90 Å². The molecule has 0 spiro atoms. The number of carbonyl (C=O) groups is 2. The minimum absolute atomic E-state index is 0.119. The number of rotatable bonds is 4. The second-order valence-electron chi connectivity index (χ2n) is 3.35. The third-order valence-electron chi connectivity index (χ3n) is 2.34. The monoisotopic (exact) mass is 203 g/mol. The van der Waals surface area contributed by atoms with Gasteiger partial charge in [0.15, 0.2) is 6.10 Å². The largest absolute Gasteiger partial charge is 0.480 e. The Hall–Kier alpha value is -1.14. The zero-order valence-electron chi connectivity index (χ0n) is 7.59. The fourth-order valence-corrected chi connectivity index (χ4v) is 1.62. The highest BCUT2D eigenvalue weighted by molar-refractivity contribution is 5.74. The Kier molecular flexibility index (Phi) is 3.43. The second kappa shape index (κ2) is 4.39. The van der Waals surface area contributed by atoms with Gasteiger partial charge in [0.25, 0.3) is 0 Å². The number of carboxylic acids is 2. The van der Waals surface area contributed by atoms with Crippen LogP contribution in [-0.2, 0) is 9.59 Å². The molecule has 1 aliphatic rings. The highest BCUT2D eigenvalue weighted by atomic mass is 16.4. The first kappa shape index (κ1) is 10.9. The molecule has 3 N–H and O–H groups in total. The molecule has 1 unspecified atom stereocenters. The molecule has 0 radical (unpaired) electrons. The predicted molar refractivity (Wildman–Crippen MR) is 45.9 cm³/mol. The molecule has 0 bridgehead atoms. The molecule has 0 aromatic heterocycles. The highest BCUT2D eigenvalue weighted by Gasteiger charge is 2.32. The van der Waals surface area contributed by atoms with Crippen LogP contribution in [0.15, 0.2) is 0 Å². The molecule has 0 aliphatic carbocycles. The Bertz CT molecular complexity index is 242. The van der Waals surface area contributed by atoms with Crippen LogP contribution in [-0.4, -0.2) is 57.4 Å². The van der Waals surface area contributed by atoms with E-state index in [0.29, 0.717) is 13.0 Å². The fourth-order valence-electron chi connectivity index (χ4n) is 1.62. The van der Waals surface area contributed by atoms with E-state index in [4.69, 9.17) is 15.3 Å². The molecular weight excluding hydrogens is 190 g/mol. The maximum Gasteiger partial charge on any atom is 0.333 e. The lowest BCUT2D eigenvalue weighted by atomic mass is 10.2. The summed E-state index contributed by atoms with van der Waals surface area (Å²) in [6.45, 7) is 0.410. The van der Waals surface area contributed by atoms with Gasteiger partial charge in [0.1, 0.15) is 6.04 Å². The van der Waals surface area contributed by atoms with Gasteiger partial charge in [0, 0.05) is 6.54 Å². The number of likely N-dealkylation sites (tertiary alicyclic amines) is 1. The molecule has 14 heavy (non-hydrogen) atoms. The van der Waals surface area contributed by atoms with E-state index in [-0.39, 0.29) is 6.54 Å². The van der Waals surface area contributed by atoms with E-state index < -0.39 is 24.1 Å². The van der Waals surface area contributed by atoms with Crippen LogP contribution in [0.3, 0.4) is 0 Å². The van der Waals surface area contributed by atoms with Crippen molar-refractivity contribution in [2.24, 2.45) is 0 Å². The van der Waals surface area contributed by atoms with Crippen LogP contribution in [0.25, 0.3) is 0 Å². The van der Waals surface area contributed by atoms with Gasteiger partial charge < -0.3 is 15.3 Å². The molecule has 6 heteroatoms. The van der Waals surface area contributed by atoms with Gasteiger partial charge in [-0.05, 0) is 19.4 Å². The molecule has 1 heterocycles. The number of aliphatic hydroxyl groups is 1. The highest BCUT2D eigenvalue weighted by Crippen LogP contribution is 2.17. The van der Waals surface area contributed by atoms with Crippen molar-refractivity contribution >= 4 is 11.9 Å². The van der Waals surface area contributed by atoms with E-state index in [2.05, 4.69) is 0 Å². The SMILES string of the molecule is O=C(O)C(O)CN1CCC[C@H]1C(=O)O. The molecule has 80 valence electrons. The number of carboxylic acid groups (broad SMARTS) is 2. The molecule has 6 nitrogen and oxygen atoms in total. The standard InChI is InChI=1S/C8H13NO5/c10-6(8(13)14)4-9-3-1-2-5(9)7(11)12/h5-6,10H,1-4H2,(H,11,12)(H,13,14)/t5-,6?/m0/s1. The Balaban J connectivity index is 2.51. The van der Waals surface area contributed by atoms with Crippen LogP contribution in [0, 0.1) is 0 Å². The average Bonchev–Trinajstić information content (AvgIpc) is 2.52. The number of β-amino-alcohol motifs (C(OH)–C–C–N with tert-alkyl or cyclic N) is 1. The minimum atomic E-state index is -1.50. The van der Waals surface area contributed by atoms with Crippen molar-refractivity contribution in [2.75, 3.05) is 13.1 Å². The van der Waals surface area contributed by atoms with Crippen molar-refractivity contribution in [2.45, 2.75) is 25.0 Å². The van der Waals surface area contributed by atoms with Crippen molar-refractivity contribution in [1.29, 1.82) is 0 Å². The zero-order chi connectivity index (χ0) is 10.7. The predicted octanol–water partition coefficient (Wildman–Crippen LogP) is -1.02. The van der Waals surface area contributed by atoms with Crippen molar-refractivity contribution in [1.82, 2.24) is 4.90 Å². The first-order valence-corrected chi connectivity index (χ1v) is 4.40.